The highest BCUT2D eigenvalue weighted by atomic mass is 32.1. The van der Waals surface area contributed by atoms with E-state index in [9.17, 15) is 4.79 Å². The van der Waals surface area contributed by atoms with Crippen LogP contribution in [0.15, 0.2) is 0 Å². The van der Waals surface area contributed by atoms with Gasteiger partial charge in [0, 0.05) is 6.04 Å². The van der Waals surface area contributed by atoms with Gasteiger partial charge in [-0.1, -0.05) is 12.2 Å². The maximum atomic E-state index is 11.4. The van der Waals surface area contributed by atoms with Crippen molar-refractivity contribution in [3.63, 3.8) is 0 Å². The van der Waals surface area contributed by atoms with Crippen LogP contribution in [-0.2, 0) is 9.53 Å². The molecular formula is C9H13NO2S. The van der Waals surface area contributed by atoms with Crippen LogP contribution in [-0.4, -0.2) is 23.6 Å². The minimum atomic E-state index is -0.0605. The van der Waals surface area contributed by atoms with Crippen LogP contribution in [0.5, 0.6) is 0 Å². The lowest BCUT2D eigenvalue weighted by Gasteiger charge is -2.11. The van der Waals surface area contributed by atoms with Gasteiger partial charge in [0.1, 0.15) is 0 Å². The summed E-state index contributed by atoms with van der Waals surface area (Å²) in [6.07, 6.45) is 1.96. The molecule has 0 aromatic heterocycles. The number of ether oxygens (including phenoxy) is 1. The summed E-state index contributed by atoms with van der Waals surface area (Å²) in [4.78, 5) is 12.3. The van der Waals surface area contributed by atoms with Crippen LogP contribution in [0.2, 0.25) is 0 Å². The monoisotopic (exact) mass is 199 g/mol. The summed E-state index contributed by atoms with van der Waals surface area (Å²) >= 11 is 5.05. The molecule has 0 spiro atoms. The summed E-state index contributed by atoms with van der Waals surface area (Å²) in [6, 6.07) is 0.278. The Kier molecular flexibility index (Phi) is 2.24. The Labute approximate surface area is 82.8 Å². The molecule has 2 rings (SSSR count). The van der Waals surface area contributed by atoms with Gasteiger partial charge in [0.05, 0.1) is 17.5 Å². The summed E-state index contributed by atoms with van der Waals surface area (Å²) < 4.78 is 4.97. The lowest BCUT2D eigenvalue weighted by Crippen LogP contribution is -2.30. The zero-order chi connectivity index (χ0) is 9.42. The first-order valence-corrected chi connectivity index (χ1v) is 5.11. The number of hydrogen-bond donors (Lipinski definition) is 1. The maximum Gasteiger partial charge on any atom is 0.311 e. The molecule has 3 atom stereocenters. The third kappa shape index (κ3) is 1.55. The Bertz CT molecular complexity index is 254. The zero-order valence-electron chi connectivity index (χ0n) is 7.58. The van der Waals surface area contributed by atoms with Crippen LogP contribution in [0.25, 0.3) is 0 Å². The molecule has 0 aromatic carbocycles. The van der Waals surface area contributed by atoms with Crippen molar-refractivity contribution in [1.82, 2.24) is 5.32 Å². The van der Waals surface area contributed by atoms with Gasteiger partial charge in [-0.2, -0.15) is 0 Å². The van der Waals surface area contributed by atoms with Gasteiger partial charge in [0.15, 0.2) is 0 Å². The van der Waals surface area contributed by atoms with Crippen LogP contribution in [0, 0.1) is 11.8 Å². The van der Waals surface area contributed by atoms with Gasteiger partial charge >= 0.3 is 5.97 Å². The number of piperidine rings is 1. The Balaban J connectivity index is 1.92. The highest BCUT2D eigenvalue weighted by molar-refractivity contribution is 7.80. The first-order valence-electron chi connectivity index (χ1n) is 4.70. The molecule has 1 saturated carbocycles. The molecule has 2 aliphatic rings. The van der Waals surface area contributed by atoms with Gasteiger partial charge < -0.3 is 10.1 Å². The van der Waals surface area contributed by atoms with Crippen LogP contribution < -0.4 is 5.32 Å². The molecule has 1 aliphatic carbocycles. The molecule has 0 amide bonds. The smallest absolute Gasteiger partial charge is 0.311 e. The topological polar surface area (TPSA) is 38.3 Å². The minimum absolute atomic E-state index is 0.0605. The van der Waals surface area contributed by atoms with E-state index in [0.717, 1.165) is 17.8 Å². The Morgan fingerprint density at radius 1 is 1.77 bits per heavy atom. The van der Waals surface area contributed by atoms with Gasteiger partial charge in [-0.15, -0.1) is 0 Å². The van der Waals surface area contributed by atoms with Crippen molar-refractivity contribution in [2.24, 2.45) is 11.8 Å². The Hall–Kier alpha value is -0.640. The number of thiocarbonyl (C=S) groups is 1. The average Bonchev–Trinajstić information content (AvgIpc) is 2.77. The number of nitrogens with one attached hydrogen (secondary N) is 1. The standard InChI is InChI=1S/C9H13NO2S/c1-2-12-9(11)7-5-3-4-6(13)10-8(5)7/h5,7-8H,2-4H2,1H3,(H,10,13). The van der Waals surface area contributed by atoms with E-state index in [1.54, 1.807) is 0 Å². The van der Waals surface area contributed by atoms with E-state index < -0.39 is 0 Å². The summed E-state index contributed by atoms with van der Waals surface area (Å²) in [6.45, 7) is 2.31. The van der Waals surface area contributed by atoms with Crippen LogP contribution in [0.3, 0.4) is 0 Å². The molecule has 72 valence electrons. The fourth-order valence-electron chi connectivity index (χ4n) is 2.05. The molecule has 0 radical (unpaired) electrons. The molecule has 4 heteroatoms. The van der Waals surface area contributed by atoms with Gasteiger partial charge in [-0.05, 0) is 25.7 Å². The minimum Gasteiger partial charge on any atom is -0.466 e. The Morgan fingerprint density at radius 2 is 2.54 bits per heavy atom. The fourth-order valence-corrected chi connectivity index (χ4v) is 2.30. The van der Waals surface area contributed by atoms with Crippen molar-refractivity contribution < 1.29 is 9.53 Å². The molecule has 3 nitrogen and oxygen atoms in total. The lowest BCUT2D eigenvalue weighted by atomic mass is 10.1. The number of carbonyl (C=O) groups excluding carboxylic acids is 1. The van der Waals surface area contributed by atoms with E-state index in [2.05, 4.69) is 5.32 Å². The van der Waals surface area contributed by atoms with Crippen molar-refractivity contribution >= 4 is 23.2 Å². The molecular weight excluding hydrogens is 186 g/mol. The lowest BCUT2D eigenvalue weighted by molar-refractivity contribution is -0.145. The molecule has 1 aliphatic heterocycles. The molecule has 1 saturated heterocycles. The molecule has 1 N–H and O–H groups in total. The van der Waals surface area contributed by atoms with E-state index in [4.69, 9.17) is 17.0 Å². The van der Waals surface area contributed by atoms with Crippen molar-refractivity contribution in [2.75, 3.05) is 6.61 Å². The quantitative estimate of drug-likeness (QED) is 0.529. The third-order valence-electron chi connectivity index (χ3n) is 2.76. The molecule has 0 bridgehead atoms. The van der Waals surface area contributed by atoms with E-state index in [1.807, 2.05) is 6.92 Å². The van der Waals surface area contributed by atoms with E-state index >= 15 is 0 Å². The second-order valence-electron chi connectivity index (χ2n) is 3.57. The van der Waals surface area contributed by atoms with Crippen molar-refractivity contribution in [3.05, 3.63) is 0 Å². The predicted octanol–water partition coefficient (Wildman–Crippen LogP) is 0.875. The maximum absolute atomic E-state index is 11.4. The third-order valence-corrected chi connectivity index (χ3v) is 3.08. The molecule has 2 fully saturated rings. The largest absolute Gasteiger partial charge is 0.466 e. The first kappa shape index (κ1) is 8.94. The summed E-state index contributed by atoms with van der Waals surface area (Å²) in [5.74, 6) is 0.487. The second kappa shape index (κ2) is 3.25. The normalized spacial score (nSPS) is 36.1. The van der Waals surface area contributed by atoms with Crippen LogP contribution in [0.4, 0.5) is 0 Å². The number of hydrogen-bond acceptors (Lipinski definition) is 3. The fraction of sp³-hybridized carbons (Fsp3) is 0.778. The number of esters is 1. The first-order chi connectivity index (χ1) is 6.24. The highest BCUT2D eigenvalue weighted by Crippen LogP contribution is 2.45. The SMILES string of the molecule is CCOC(=O)C1C2CCC(=S)NC21. The number of rotatable bonds is 2. The van der Waals surface area contributed by atoms with Gasteiger partial charge in [0.2, 0.25) is 0 Å². The van der Waals surface area contributed by atoms with Gasteiger partial charge in [0.25, 0.3) is 0 Å². The van der Waals surface area contributed by atoms with Gasteiger partial charge in [-0.3, -0.25) is 4.79 Å². The van der Waals surface area contributed by atoms with Crippen LogP contribution in [0.1, 0.15) is 19.8 Å². The van der Waals surface area contributed by atoms with Crippen molar-refractivity contribution in [2.45, 2.75) is 25.8 Å². The predicted molar refractivity (Wildman–Crippen MR) is 52.4 cm³/mol. The number of carbonyl (C=O) groups is 1. The zero-order valence-corrected chi connectivity index (χ0v) is 8.39. The van der Waals surface area contributed by atoms with E-state index in [-0.39, 0.29) is 17.9 Å². The second-order valence-corrected chi connectivity index (χ2v) is 4.07. The molecule has 3 unspecified atom stereocenters. The Morgan fingerprint density at radius 3 is 3.15 bits per heavy atom. The van der Waals surface area contributed by atoms with Gasteiger partial charge in [-0.25, -0.2) is 0 Å². The molecule has 13 heavy (non-hydrogen) atoms. The molecule has 1 heterocycles. The number of fused-ring (bicyclic) bond motifs is 1. The van der Waals surface area contributed by atoms with Crippen molar-refractivity contribution in [1.29, 1.82) is 0 Å². The highest BCUT2D eigenvalue weighted by Gasteiger charge is 2.57. The average molecular weight is 199 g/mol. The summed E-state index contributed by atoms with van der Waals surface area (Å²) in [7, 11) is 0. The van der Waals surface area contributed by atoms with Crippen molar-refractivity contribution in [3.8, 4) is 0 Å². The summed E-state index contributed by atoms with van der Waals surface area (Å²) in [5, 5.41) is 3.17. The van der Waals surface area contributed by atoms with E-state index in [0.29, 0.717) is 12.5 Å². The molecule has 0 aromatic rings. The van der Waals surface area contributed by atoms with Crippen LogP contribution >= 0.6 is 12.2 Å². The van der Waals surface area contributed by atoms with E-state index in [1.165, 1.54) is 0 Å². The summed E-state index contributed by atoms with van der Waals surface area (Å²) in [5.41, 5.74) is 0.